The maximum absolute atomic E-state index is 6.14. The number of nitrogens with two attached hydrogens (primary N) is 1. The SMILES string of the molecule is CCCCC(CC)(CN)N(CCC)CCN(C)C. The molecule has 0 saturated carbocycles. The second kappa shape index (κ2) is 9.76. The van der Waals surface area contributed by atoms with E-state index in [1.165, 1.54) is 32.2 Å². The van der Waals surface area contributed by atoms with Crippen molar-refractivity contribution in [2.45, 2.75) is 58.4 Å². The standard InChI is InChI=1S/C15H35N3/c1-6-9-10-15(8-3,14-16)18(11-7-2)13-12-17(4)5/h6-14,16H2,1-5H3. The van der Waals surface area contributed by atoms with Crippen molar-refractivity contribution in [3.05, 3.63) is 0 Å². The molecule has 0 fully saturated rings. The van der Waals surface area contributed by atoms with E-state index in [9.17, 15) is 0 Å². The minimum absolute atomic E-state index is 0.224. The van der Waals surface area contributed by atoms with Crippen LogP contribution in [0.4, 0.5) is 0 Å². The van der Waals surface area contributed by atoms with E-state index in [-0.39, 0.29) is 5.54 Å². The minimum atomic E-state index is 0.224. The van der Waals surface area contributed by atoms with E-state index in [2.05, 4.69) is 44.7 Å². The first-order valence-electron chi connectivity index (χ1n) is 7.66. The van der Waals surface area contributed by atoms with Crippen molar-refractivity contribution >= 4 is 0 Å². The number of hydrogen-bond acceptors (Lipinski definition) is 3. The zero-order chi connectivity index (χ0) is 14.0. The van der Waals surface area contributed by atoms with Gasteiger partial charge in [0.1, 0.15) is 0 Å². The van der Waals surface area contributed by atoms with Crippen molar-refractivity contribution in [2.75, 3.05) is 40.3 Å². The lowest BCUT2D eigenvalue weighted by Gasteiger charge is -2.44. The summed E-state index contributed by atoms with van der Waals surface area (Å²) >= 11 is 0. The smallest absolute Gasteiger partial charge is 0.0329 e. The summed E-state index contributed by atoms with van der Waals surface area (Å²) in [5.41, 5.74) is 6.37. The lowest BCUT2D eigenvalue weighted by Crippen LogP contribution is -2.55. The molecule has 18 heavy (non-hydrogen) atoms. The van der Waals surface area contributed by atoms with Gasteiger partial charge in [-0.15, -0.1) is 0 Å². The Bertz CT molecular complexity index is 188. The van der Waals surface area contributed by atoms with E-state index >= 15 is 0 Å². The van der Waals surface area contributed by atoms with E-state index in [0.29, 0.717) is 0 Å². The molecule has 0 aromatic carbocycles. The number of rotatable bonds is 11. The molecule has 0 radical (unpaired) electrons. The summed E-state index contributed by atoms with van der Waals surface area (Å²) in [5.74, 6) is 0. The second-order valence-corrected chi connectivity index (χ2v) is 5.68. The summed E-state index contributed by atoms with van der Waals surface area (Å²) in [6, 6.07) is 0. The van der Waals surface area contributed by atoms with Crippen LogP contribution in [0.2, 0.25) is 0 Å². The maximum atomic E-state index is 6.14. The van der Waals surface area contributed by atoms with Gasteiger partial charge in [0.2, 0.25) is 0 Å². The Hall–Kier alpha value is -0.120. The average molecular weight is 257 g/mol. The van der Waals surface area contributed by atoms with Gasteiger partial charge in [0.25, 0.3) is 0 Å². The Morgan fingerprint density at radius 2 is 1.61 bits per heavy atom. The average Bonchev–Trinajstić information content (AvgIpc) is 2.37. The molecule has 0 bridgehead atoms. The van der Waals surface area contributed by atoms with Crippen molar-refractivity contribution in [2.24, 2.45) is 5.73 Å². The van der Waals surface area contributed by atoms with Gasteiger partial charge < -0.3 is 10.6 Å². The lowest BCUT2D eigenvalue weighted by atomic mass is 9.87. The molecule has 0 aliphatic carbocycles. The van der Waals surface area contributed by atoms with Gasteiger partial charge in [0, 0.05) is 25.2 Å². The van der Waals surface area contributed by atoms with Gasteiger partial charge in [0.05, 0.1) is 0 Å². The third kappa shape index (κ3) is 5.68. The number of likely N-dealkylation sites (N-methyl/N-ethyl adjacent to an activating group) is 1. The van der Waals surface area contributed by atoms with Crippen LogP contribution in [0.1, 0.15) is 52.9 Å². The molecule has 110 valence electrons. The molecular weight excluding hydrogens is 222 g/mol. The molecular formula is C15H35N3. The van der Waals surface area contributed by atoms with Crippen LogP contribution in [-0.2, 0) is 0 Å². The van der Waals surface area contributed by atoms with Gasteiger partial charge in [-0.25, -0.2) is 0 Å². The molecule has 0 aromatic rings. The number of nitrogens with zero attached hydrogens (tertiary/aromatic N) is 2. The Morgan fingerprint density at radius 1 is 0.944 bits per heavy atom. The fraction of sp³-hybridized carbons (Fsp3) is 1.00. The molecule has 1 atom stereocenters. The molecule has 0 spiro atoms. The van der Waals surface area contributed by atoms with Crippen molar-refractivity contribution < 1.29 is 0 Å². The van der Waals surface area contributed by atoms with Crippen molar-refractivity contribution in [1.82, 2.24) is 9.80 Å². The Balaban J connectivity index is 4.71. The van der Waals surface area contributed by atoms with Crippen LogP contribution in [0.15, 0.2) is 0 Å². The third-order valence-corrected chi connectivity index (χ3v) is 4.02. The lowest BCUT2D eigenvalue weighted by molar-refractivity contribution is 0.0709. The van der Waals surface area contributed by atoms with Crippen molar-refractivity contribution in [3.63, 3.8) is 0 Å². The molecule has 0 aliphatic heterocycles. The summed E-state index contributed by atoms with van der Waals surface area (Å²) in [4.78, 5) is 4.90. The predicted molar refractivity (Wildman–Crippen MR) is 82.0 cm³/mol. The summed E-state index contributed by atoms with van der Waals surface area (Å²) in [7, 11) is 4.29. The quantitative estimate of drug-likeness (QED) is 0.617. The largest absolute Gasteiger partial charge is 0.329 e. The first-order chi connectivity index (χ1) is 8.56. The molecule has 2 N–H and O–H groups in total. The van der Waals surface area contributed by atoms with E-state index < -0.39 is 0 Å². The molecule has 0 heterocycles. The molecule has 0 aliphatic rings. The highest BCUT2D eigenvalue weighted by Gasteiger charge is 2.32. The summed E-state index contributed by atoms with van der Waals surface area (Å²) in [6.45, 7) is 11.0. The molecule has 0 rings (SSSR count). The first kappa shape index (κ1) is 17.9. The van der Waals surface area contributed by atoms with Crippen molar-refractivity contribution in [1.29, 1.82) is 0 Å². The highest BCUT2D eigenvalue weighted by molar-refractivity contribution is 4.90. The maximum Gasteiger partial charge on any atom is 0.0329 e. The van der Waals surface area contributed by atoms with Crippen LogP contribution >= 0.6 is 0 Å². The molecule has 1 unspecified atom stereocenters. The molecule has 0 aromatic heterocycles. The molecule has 3 nitrogen and oxygen atoms in total. The number of unbranched alkanes of at least 4 members (excludes halogenated alkanes) is 1. The normalized spacial score (nSPS) is 15.3. The third-order valence-electron chi connectivity index (χ3n) is 4.02. The predicted octanol–water partition coefficient (Wildman–Crippen LogP) is 2.56. The van der Waals surface area contributed by atoms with Crippen LogP contribution in [0.5, 0.6) is 0 Å². The second-order valence-electron chi connectivity index (χ2n) is 5.68. The molecule has 0 saturated heterocycles. The van der Waals surface area contributed by atoms with Gasteiger partial charge in [-0.3, -0.25) is 4.90 Å². The first-order valence-corrected chi connectivity index (χ1v) is 7.66. The van der Waals surface area contributed by atoms with E-state index in [1.54, 1.807) is 0 Å². The summed E-state index contributed by atoms with van der Waals surface area (Å²) in [5, 5.41) is 0. The van der Waals surface area contributed by atoms with Crippen LogP contribution in [0, 0.1) is 0 Å². The highest BCUT2D eigenvalue weighted by atomic mass is 15.2. The Kier molecular flexibility index (Phi) is 9.70. The topological polar surface area (TPSA) is 32.5 Å². The Morgan fingerprint density at radius 3 is 2.00 bits per heavy atom. The monoisotopic (exact) mass is 257 g/mol. The minimum Gasteiger partial charge on any atom is -0.329 e. The van der Waals surface area contributed by atoms with Gasteiger partial charge in [-0.05, 0) is 39.9 Å². The number of hydrogen-bond donors (Lipinski definition) is 1. The molecule has 3 heteroatoms. The zero-order valence-corrected chi connectivity index (χ0v) is 13.3. The highest BCUT2D eigenvalue weighted by Crippen LogP contribution is 2.25. The van der Waals surface area contributed by atoms with E-state index in [0.717, 1.165) is 26.1 Å². The fourth-order valence-electron chi connectivity index (χ4n) is 2.62. The zero-order valence-electron chi connectivity index (χ0n) is 13.3. The van der Waals surface area contributed by atoms with E-state index in [4.69, 9.17) is 5.73 Å². The van der Waals surface area contributed by atoms with Gasteiger partial charge in [0.15, 0.2) is 0 Å². The van der Waals surface area contributed by atoms with Crippen LogP contribution < -0.4 is 5.73 Å². The van der Waals surface area contributed by atoms with Gasteiger partial charge >= 0.3 is 0 Å². The Labute approximate surface area is 115 Å². The van der Waals surface area contributed by atoms with Gasteiger partial charge in [-0.1, -0.05) is 33.6 Å². The summed E-state index contributed by atoms with van der Waals surface area (Å²) < 4.78 is 0. The fourth-order valence-corrected chi connectivity index (χ4v) is 2.62. The van der Waals surface area contributed by atoms with Crippen molar-refractivity contribution in [3.8, 4) is 0 Å². The van der Waals surface area contributed by atoms with Gasteiger partial charge in [-0.2, -0.15) is 0 Å². The molecule has 0 amide bonds. The van der Waals surface area contributed by atoms with Crippen LogP contribution in [0.3, 0.4) is 0 Å². The van der Waals surface area contributed by atoms with E-state index in [1.807, 2.05) is 0 Å². The summed E-state index contributed by atoms with van der Waals surface area (Å²) in [6.07, 6.45) is 6.16. The van der Waals surface area contributed by atoms with Crippen LogP contribution in [0.25, 0.3) is 0 Å². The van der Waals surface area contributed by atoms with Crippen LogP contribution in [-0.4, -0.2) is 55.6 Å².